The van der Waals surface area contributed by atoms with E-state index < -0.39 is 7.82 Å². The van der Waals surface area contributed by atoms with Crippen molar-refractivity contribution < 1.29 is 28.8 Å². The van der Waals surface area contributed by atoms with Crippen molar-refractivity contribution >= 4 is 13.8 Å². The highest BCUT2D eigenvalue weighted by Gasteiger charge is 2.14. The van der Waals surface area contributed by atoms with Crippen LogP contribution in [0.4, 0.5) is 0 Å². The number of phosphoric acid groups is 1. The first-order valence-electron chi connectivity index (χ1n) is 5.20. The predicted octanol–water partition coefficient (Wildman–Crippen LogP) is 0.564. The molecule has 7 nitrogen and oxygen atoms in total. The first-order valence-corrected chi connectivity index (χ1v) is 6.77. The van der Waals surface area contributed by atoms with Crippen LogP contribution in [0.3, 0.4) is 0 Å². The van der Waals surface area contributed by atoms with E-state index in [0.29, 0.717) is 6.61 Å². The second-order valence-electron chi connectivity index (χ2n) is 4.64. The number of rotatable bonds is 4. The highest BCUT2D eigenvalue weighted by atomic mass is 31.2. The van der Waals surface area contributed by atoms with Crippen LogP contribution in [-0.2, 0) is 14.1 Å². The highest BCUT2D eigenvalue weighted by Crippen LogP contribution is 2.25. The Morgan fingerprint density at radius 1 is 1.44 bits per heavy atom. The van der Waals surface area contributed by atoms with Crippen LogP contribution in [0, 0.1) is 0 Å². The molecule has 108 valence electrons. The van der Waals surface area contributed by atoms with Gasteiger partial charge in [0.1, 0.15) is 6.61 Å². The molecular formula is C10H22NO6P. The van der Waals surface area contributed by atoms with Crippen molar-refractivity contribution in [1.82, 2.24) is 5.32 Å². The fraction of sp³-hybridized carbons (Fsp3) is 0.700. The summed E-state index contributed by atoms with van der Waals surface area (Å²) in [7, 11) is -4.64. The van der Waals surface area contributed by atoms with Gasteiger partial charge in [-0.2, -0.15) is 0 Å². The van der Waals surface area contributed by atoms with E-state index in [2.05, 4.69) is 32.7 Å². The molecule has 0 aliphatic carbocycles. The summed E-state index contributed by atoms with van der Waals surface area (Å²) in [6.07, 6.45) is 1.17. The quantitative estimate of drug-likeness (QED) is 0.338. The topological polar surface area (TPSA) is 116 Å². The summed E-state index contributed by atoms with van der Waals surface area (Å²) in [6.45, 7) is 11.9. The van der Waals surface area contributed by atoms with Crippen molar-refractivity contribution in [3.63, 3.8) is 0 Å². The summed E-state index contributed by atoms with van der Waals surface area (Å²) in [5, 5.41) is 3.29. The Balaban J connectivity index is 0. The van der Waals surface area contributed by atoms with Gasteiger partial charge >= 0.3 is 13.8 Å². The van der Waals surface area contributed by atoms with Crippen molar-refractivity contribution in [2.75, 3.05) is 6.61 Å². The van der Waals surface area contributed by atoms with Crippen molar-refractivity contribution in [3.05, 3.63) is 12.7 Å². The first-order chi connectivity index (χ1) is 7.85. The number of ether oxygens (including phenoxy) is 1. The van der Waals surface area contributed by atoms with Gasteiger partial charge < -0.3 is 24.7 Å². The zero-order chi connectivity index (χ0) is 15.0. The van der Waals surface area contributed by atoms with Crippen molar-refractivity contribution in [1.29, 1.82) is 0 Å². The van der Waals surface area contributed by atoms with E-state index in [1.807, 2.05) is 6.92 Å². The number of hydrogen-bond donors (Lipinski definition) is 4. The molecular weight excluding hydrogens is 261 g/mol. The van der Waals surface area contributed by atoms with Gasteiger partial charge in [0.15, 0.2) is 0 Å². The molecule has 4 N–H and O–H groups in total. The largest absolute Gasteiger partial charge is 0.466 e. The molecule has 18 heavy (non-hydrogen) atoms. The van der Waals surface area contributed by atoms with Gasteiger partial charge in [0.05, 0.1) is 0 Å². The van der Waals surface area contributed by atoms with Crippen LogP contribution in [0.1, 0.15) is 27.7 Å². The maximum Gasteiger partial charge on any atom is 0.466 e. The lowest BCUT2D eigenvalue weighted by Crippen LogP contribution is -2.44. The van der Waals surface area contributed by atoms with Crippen LogP contribution in [0.2, 0.25) is 0 Å². The third kappa shape index (κ3) is 24.5. The van der Waals surface area contributed by atoms with Gasteiger partial charge in [-0.25, -0.2) is 9.36 Å². The molecule has 0 aliphatic rings. The van der Waals surface area contributed by atoms with E-state index in [9.17, 15) is 4.79 Å². The summed E-state index contributed by atoms with van der Waals surface area (Å²) in [5.41, 5.74) is 0.0417. The molecule has 0 saturated carbocycles. The van der Waals surface area contributed by atoms with Gasteiger partial charge in [-0.15, -0.1) is 0 Å². The molecule has 0 amide bonds. The molecule has 0 spiro atoms. The molecule has 0 fully saturated rings. The number of nitrogens with one attached hydrogen (secondary N) is 1. The van der Waals surface area contributed by atoms with Crippen LogP contribution in [-0.4, -0.2) is 38.8 Å². The molecule has 0 saturated heterocycles. The van der Waals surface area contributed by atoms with Gasteiger partial charge in [-0.3, -0.25) is 0 Å². The molecule has 0 aliphatic heterocycles. The normalized spacial score (nSPS) is 13.1. The van der Waals surface area contributed by atoms with E-state index in [4.69, 9.17) is 24.0 Å². The minimum atomic E-state index is -4.64. The molecule has 8 heteroatoms. The monoisotopic (exact) mass is 283 g/mol. The van der Waals surface area contributed by atoms with Gasteiger partial charge in [-0.05, 0) is 27.7 Å². The zero-order valence-electron chi connectivity index (χ0n) is 11.1. The summed E-state index contributed by atoms with van der Waals surface area (Å²) >= 11 is 0. The molecule has 0 aromatic carbocycles. The summed E-state index contributed by atoms with van der Waals surface area (Å²) in [4.78, 5) is 32.3. The number of hydrogen-bond acceptors (Lipinski definition) is 4. The van der Waals surface area contributed by atoms with E-state index in [1.54, 1.807) is 0 Å². The SMILES string of the molecule is C=CC(=O)OCC(C)NC(C)(C)C.O=P(O)(O)O. The molecule has 0 bridgehead atoms. The van der Waals surface area contributed by atoms with Gasteiger partial charge in [0.25, 0.3) is 0 Å². The van der Waals surface area contributed by atoms with Crippen LogP contribution < -0.4 is 5.32 Å². The van der Waals surface area contributed by atoms with Crippen LogP contribution in [0.25, 0.3) is 0 Å². The maximum atomic E-state index is 10.7. The van der Waals surface area contributed by atoms with E-state index in [-0.39, 0.29) is 17.6 Å². The van der Waals surface area contributed by atoms with E-state index in [1.165, 1.54) is 6.08 Å². The number of carbonyl (C=O) groups excluding carboxylic acids is 1. The maximum absolute atomic E-state index is 10.7. The molecule has 1 unspecified atom stereocenters. The predicted molar refractivity (Wildman–Crippen MR) is 67.8 cm³/mol. The Hall–Kier alpha value is -0.720. The molecule has 0 aromatic heterocycles. The lowest BCUT2D eigenvalue weighted by atomic mass is 10.1. The highest BCUT2D eigenvalue weighted by molar-refractivity contribution is 7.45. The van der Waals surface area contributed by atoms with Gasteiger partial charge in [-0.1, -0.05) is 6.58 Å². The minimum Gasteiger partial charge on any atom is -0.461 e. The summed E-state index contributed by atoms with van der Waals surface area (Å²) < 4.78 is 13.8. The Labute approximate surface area is 107 Å². The lowest BCUT2D eigenvalue weighted by Gasteiger charge is -2.25. The smallest absolute Gasteiger partial charge is 0.461 e. The van der Waals surface area contributed by atoms with Crippen LogP contribution in [0.15, 0.2) is 12.7 Å². The fourth-order valence-electron chi connectivity index (χ4n) is 1.05. The fourth-order valence-corrected chi connectivity index (χ4v) is 1.05. The second kappa shape index (κ2) is 8.39. The molecule has 0 radical (unpaired) electrons. The minimum absolute atomic E-state index is 0.0417. The molecule has 0 aromatic rings. The van der Waals surface area contributed by atoms with Crippen LogP contribution in [0.5, 0.6) is 0 Å². The first kappa shape index (κ1) is 19.6. The number of esters is 1. The average Bonchev–Trinajstić information content (AvgIpc) is 2.08. The van der Waals surface area contributed by atoms with Gasteiger partial charge in [0, 0.05) is 17.7 Å². The second-order valence-corrected chi connectivity index (χ2v) is 5.67. The molecule has 0 heterocycles. The Kier molecular flexibility index (Phi) is 9.15. The summed E-state index contributed by atoms with van der Waals surface area (Å²) in [5.74, 6) is -0.373. The Bertz CT molecular complexity index is 298. The van der Waals surface area contributed by atoms with Gasteiger partial charge in [0.2, 0.25) is 0 Å². The van der Waals surface area contributed by atoms with Crippen molar-refractivity contribution in [2.24, 2.45) is 0 Å². The standard InChI is InChI=1S/C10H19NO2.H3O4P/c1-6-9(12)13-7-8(2)11-10(3,4)5;1-5(2,3)4/h6,8,11H,1,7H2,2-5H3;(H3,1,2,3,4). The number of carbonyl (C=O) groups is 1. The summed E-state index contributed by atoms with van der Waals surface area (Å²) in [6, 6.07) is 0.156. The zero-order valence-corrected chi connectivity index (χ0v) is 12.0. The third-order valence-corrected chi connectivity index (χ3v) is 1.32. The lowest BCUT2D eigenvalue weighted by molar-refractivity contribution is -0.138. The molecule has 1 atom stereocenters. The van der Waals surface area contributed by atoms with Crippen molar-refractivity contribution in [2.45, 2.75) is 39.3 Å². The average molecular weight is 283 g/mol. The Morgan fingerprint density at radius 2 is 1.83 bits per heavy atom. The third-order valence-electron chi connectivity index (χ3n) is 1.32. The van der Waals surface area contributed by atoms with Crippen LogP contribution >= 0.6 is 7.82 Å². The molecule has 0 rings (SSSR count). The Morgan fingerprint density at radius 3 is 2.11 bits per heavy atom. The van der Waals surface area contributed by atoms with E-state index >= 15 is 0 Å². The van der Waals surface area contributed by atoms with E-state index in [0.717, 1.165) is 0 Å². The van der Waals surface area contributed by atoms with Crippen molar-refractivity contribution in [3.8, 4) is 0 Å².